The summed E-state index contributed by atoms with van der Waals surface area (Å²) in [5.41, 5.74) is 0. The van der Waals surface area contributed by atoms with Crippen LogP contribution in [0.5, 0.6) is 0 Å². The summed E-state index contributed by atoms with van der Waals surface area (Å²) in [5.74, 6) is -1.10. The summed E-state index contributed by atoms with van der Waals surface area (Å²) in [6.45, 7) is 8.79. The minimum Gasteiger partial charge on any atom is -0.465 e. The van der Waals surface area contributed by atoms with Crippen molar-refractivity contribution in [2.24, 2.45) is 0 Å². The van der Waals surface area contributed by atoms with Gasteiger partial charge in [-0.15, -0.1) is 0 Å². The molecule has 0 aliphatic rings. The fourth-order valence-corrected chi connectivity index (χ4v) is 0.630. The van der Waals surface area contributed by atoms with Gasteiger partial charge in [-0.1, -0.05) is 49.7 Å². The molecule has 4 nitrogen and oxygen atoms in total. The normalized spacial score (nSPS) is 8.47. The molecule has 0 bridgehead atoms. The molecule has 0 radical (unpaired) electrons. The quantitative estimate of drug-likeness (QED) is 0.442. The highest BCUT2D eigenvalue weighted by Crippen LogP contribution is 2.00. The van der Waals surface area contributed by atoms with Crippen LogP contribution in [0, 0.1) is 0 Å². The van der Waals surface area contributed by atoms with Crippen molar-refractivity contribution in [2.45, 2.75) is 19.8 Å². The van der Waals surface area contributed by atoms with E-state index in [0.29, 0.717) is 6.61 Å². The van der Waals surface area contributed by atoms with Gasteiger partial charge in [-0.2, -0.15) is 0 Å². The fourth-order valence-electron chi connectivity index (χ4n) is 0.498. The molecule has 0 aromatic heterocycles. The van der Waals surface area contributed by atoms with Crippen molar-refractivity contribution in [1.82, 2.24) is 0 Å². The molecule has 0 N–H and O–H groups in total. The van der Waals surface area contributed by atoms with Gasteiger partial charge in [-0.3, -0.25) is 0 Å². The Bertz CT molecular complexity index is 287. The molecule has 0 aliphatic heterocycles. The Morgan fingerprint density at radius 3 is 1.82 bits per heavy atom. The van der Waals surface area contributed by atoms with E-state index in [0.717, 1.165) is 12.8 Å². The lowest BCUT2D eigenvalue weighted by Crippen LogP contribution is -2.04. The molecular weight excluding hydrogens is 267 g/mol. The van der Waals surface area contributed by atoms with Crippen molar-refractivity contribution < 1.29 is 19.1 Å². The highest BCUT2D eigenvalue weighted by atomic mass is 35.5. The molecule has 0 saturated heterocycles. The van der Waals surface area contributed by atoms with Crippen molar-refractivity contribution in [3.8, 4) is 0 Å². The van der Waals surface area contributed by atoms with Gasteiger partial charge in [0.1, 0.15) is 10.1 Å². The van der Waals surface area contributed by atoms with Gasteiger partial charge < -0.3 is 9.47 Å². The number of halogens is 2. The van der Waals surface area contributed by atoms with Crippen LogP contribution in [0.3, 0.4) is 0 Å². The Balaban J connectivity index is 0. The van der Waals surface area contributed by atoms with Gasteiger partial charge in [0, 0.05) is 0 Å². The van der Waals surface area contributed by atoms with E-state index < -0.39 is 11.9 Å². The summed E-state index contributed by atoms with van der Waals surface area (Å²) < 4.78 is 8.81. The summed E-state index contributed by atoms with van der Waals surface area (Å²) in [5, 5.41) is -0.154. The molecule has 0 aromatic rings. The van der Waals surface area contributed by atoms with Gasteiger partial charge in [0.05, 0.1) is 13.7 Å². The van der Waals surface area contributed by atoms with E-state index in [4.69, 9.17) is 23.2 Å². The van der Waals surface area contributed by atoms with Gasteiger partial charge >= 0.3 is 11.9 Å². The Morgan fingerprint density at radius 2 is 1.59 bits per heavy atom. The molecule has 0 rings (SSSR count). The van der Waals surface area contributed by atoms with Crippen molar-refractivity contribution in [3.63, 3.8) is 0 Å². The van der Waals surface area contributed by atoms with E-state index in [1.807, 2.05) is 6.92 Å². The number of esters is 2. The molecular formula is C11H16Cl2O4. The molecule has 98 valence electrons. The summed E-state index contributed by atoms with van der Waals surface area (Å²) >= 11 is 10.3. The first kappa shape index (κ1) is 18.4. The maximum Gasteiger partial charge on any atom is 0.349 e. The summed E-state index contributed by atoms with van der Waals surface area (Å²) in [6, 6.07) is 0. The van der Waals surface area contributed by atoms with Crippen LogP contribution in [-0.4, -0.2) is 25.7 Å². The van der Waals surface area contributed by atoms with Crippen molar-refractivity contribution in [3.05, 3.63) is 23.2 Å². The van der Waals surface area contributed by atoms with Gasteiger partial charge in [0.2, 0.25) is 0 Å². The number of rotatable bonds is 5. The van der Waals surface area contributed by atoms with Crippen molar-refractivity contribution in [2.75, 3.05) is 13.7 Å². The van der Waals surface area contributed by atoms with Crippen molar-refractivity contribution >= 4 is 35.1 Å². The molecule has 0 atom stereocenters. The second kappa shape index (κ2) is 11.5. The van der Waals surface area contributed by atoms with Crippen LogP contribution < -0.4 is 0 Å². The number of ether oxygens (including phenoxy) is 2. The zero-order chi connectivity index (χ0) is 13.8. The molecule has 0 saturated carbocycles. The molecule has 0 fully saturated rings. The Hall–Kier alpha value is -1.00. The zero-order valence-electron chi connectivity index (χ0n) is 9.92. The van der Waals surface area contributed by atoms with Crippen LogP contribution in [0.2, 0.25) is 0 Å². The molecule has 0 aromatic carbocycles. The van der Waals surface area contributed by atoms with Crippen LogP contribution in [-0.2, 0) is 19.1 Å². The number of unbranched alkanes of at least 4 members (excludes halogenated alkanes) is 1. The minimum atomic E-state index is -0.582. The van der Waals surface area contributed by atoms with Crippen LogP contribution in [0.1, 0.15) is 19.8 Å². The topological polar surface area (TPSA) is 52.6 Å². The predicted octanol–water partition coefficient (Wildman–Crippen LogP) is 2.99. The number of carbonyl (C=O) groups is 2. The number of hydrogen-bond acceptors (Lipinski definition) is 4. The second-order valence-electron chi connectivity index (χ2n) is 2.79. The molecule has 0 unspecified atom stereocenters. The third-order valence-electron chi connectivity index (χ3n) is 1.36. The lowest BCUT2D eigenvalue weighted by atomic mass is 10.4. The van der Waals surface area contributed by atoms with E-state index >= 15 is 0 Å². The average molecular weight is 283 g/mol. The van der Waals surface area contributed by atoms with E-state index in [-0.39, 0.29) is 10.1 Å². The Kier molecular flexibility index (Phi) is 12.4. The largest absolute Gasteiger partial charge is 0.465 e. The predicted molar refractivity (Wildman–Crippen MR) is 67.9 cm³/mol. The SMILES string of the molecule is C=C(Cl)C(=O)OC.C=C(Cl)C(=O)OCCCC. The Labute approximate surface area is 111 Å². The molecule has 0 heterocycles. The molecule has 0 spiro atoms. The fraction of sp³-hybridized carbons (Fsp3) is 0.455. The van der Waals surface area contributed by atoms with Gasteiger partial charge in [-0.05, 0) is 6.42 Å². The summed E-state index contributed by atoms with van der Waals surface area (Å²) in [6.07, 6.45) is 1.87. The maximum absolute atomic E-state index is 10.6. The standard InChI is InChI=1S/C7H11ClO2.C4H5ClO2/c1-3-4-5-10-7(9)6(2)8;1-3(5)4(6)7-2/h2-5H2,1H3;1H2,2H3. The van der Waals surface area contributed by atoms with Crippen LogP contribution in [0.15, 0.2) is 23.2 Å². The van der Waals surface area contributed by atoms with Crippen molar-refractivity contribution in [1.29, 1.82) is 0 Å². The number of hydrogen-bond donors (Lipinski definition) is 0. The molecule has 6 heteroatoms. The Morgan fingerprint density at radius 1 is 1.12 bits per heavy atom. The third kappa shape index (κ3) is 12.9. The third-order valence-corrected chi connectivity index (χ3v) is 1.67. The van der Waals surface area contributed by atoms with E-state index in [2.05, 4.69) is 22.6 Å². The number of carbonyl (C=O) groups excluding carboxylic acids is 2. The lowest BCUT2D eigenvalue weighted by molar-refractivity contribution is -0.138. The highest BCUT2D eigenvalue weighted by molar-refractivity contribution is 6.41. The molecule has 0 aliphatic carbocycles. The van der Waals surface area contributed by atoms with Gasteiger partial charge in [-0.25, -0.2) is 9.59 Å². The maximum atomic E-state index is 10.6. The molecule has 0 amide bonds. The van der Waals surface area contributed by atoms with Crippen LogP contribution in [0.25, 0.3) is 0 Å². The monoisotopic (exact) mass is 282 g/mol. The van der Waals surface area contributed by atoms with E-state index in [1.54, 1.807) is 0 Å². The van der Waals surface area contributed by atoms with Crippen LogP contribution >= 0.6 is 23.2 Å². The van der Waals surface area contributed by atoms with E-state index in [9.17, 15) is 9.59 Å². The lowest BCUT2D eigenvalue weighted by Gasteiger charge is -1.99. The van der Waals surface area contributed by atoms with Gasteiger partial charge in [0.15, 0.2) is 0 Å². The van der Waals surface area contributed by atoms with Gasteiger partial charge in [0.25, 0.3) is 0 Å². The smallest absolute Gasteiger partial charge is 0.349 e. The highest BCUT2D eigenvalue weighted by Gasteiger charge is 2.02. The number of methoxy groups -OCH3 is 1. The average Bonchev–Trinajstić information content (AvgIpc) is 2.28. The minimum absolute atomic E-state index is 0.0592. The second-order valence-corrected chi connectivity index (χ2v) is 3.70. The first-order valence-corrected chi connectivity index (χ1v) is 5.56. The molecule has 17 heavy (non-hydrogen) atoms. The van der Waals surface area contributed by atoms with E-state index in [1.165, 1.54) is 7.11 Å². The zero-order valence-corrected chi connectivity index (χ0v) is 11.4. The first-order chi connectivity index (χ1) is 7.86. The first-order valence-electron chi connectivity index (χ1n) is 4.81. The summed E-state index contributed by atoms with van der Waals surface area (Å²) in [7, 11) is 1.25. The summed E-state index contributed by atoms with van der Waals surface area (Å²) in [4.78, 5) is 20.6. The van der Waals surface area contributed by atoms with Crippen LogP contribution in [0.4, 0.5) is 0 Å².